The van der Waals surface area contributed by atoms with E-state index in [4.69, 9.17) is 9.26 Å². The van der Waals surface area contributed by atoms with E-state index in [1.54, 1.807) is 6.92 Å². The van der Waals surface area contributed by atoms with E-state index < -0.39 is 0 Å². The van der Waals surface area contributed by atoms with Crippen molar-refractivity contribution in [2.24, 2.45) is 5.92 Å². The molecule has 0 aliphatic carbocycles. The van der Waals surface area contributed by atoms with Crippen LogP contribution in [0, 0.1) is 12.8 Å². The third-order valence-electron chi connectivity index (χ3n) is 4.13. The van der Waals surface area contributed by atoms with Crippen molar-refractivity contribution in [2.45, 2.75) is 12.3 Å². The Labute approximate surface area is 117 Å². The van der Waals surface area contributed by atoms with E-state index in [1.165, 1.54) is 0 Å². The van der Waals surface area contributed by atoms with Crippen molar-refractivity contribution in [1.29, 1.82) is 0 Å². The van der Waals surface area contributed by atoms with E-state index >= 15 is 0 Å². The number of likely N-dealkylation sites (tertiary alicyclic amines) is 1. The van der Waals surface area contributed by atoms with E-state index in [0.29, 0.717) is 44.6 Å². The lowest BCUT2D eigenvalue weighted by Gasteiger charge is -2.23. The molecule has 0 aromatic carbocycles. The van der Waals surface area contributed by atoms with Crippen LogP contribution in [0.5, 0.6) is 0 Å². The van der Waals surface area contributed by atoms with Crippen LogP contribution in [0.2, 0.25) is 0 Å². The van der Waals surface area contributed by atoms with Gasteiger partial charge in [0.25, 0.3) is 0 Å². The van der Waals surface area contributed by atoms with Crippen LogP contribution in [0.3, 0.4) is 0 Å². The number of likely N-dealkylation sites (N-methyl/N-ethyl adjacent to an activating group) is 1. The first-order valence-electron chi connectivity index (χ1n) is 6.82. The number of rotatable bonds is 3. The molecule has 2 fully saturated rings. The summed E-state index contributed by atoms with van der Waals surface area (Å²) in [6.45, 7) is 4.73. The number of hydrogen-bond acceptors (Lipinski definition) is 6. The van der Waals surface area contributed by atoms with Crippen LogP contribution in [0.15, 0.2) is 4.52 Å². The molecule has 3 heterocycles. The molecule has 2 aliphatic heterocycles. The zero-order valence-electron chi connectivity index (χ0n) is 12.1. The molecule has 110 valence electrons. The first-order valence-corrected chi connectivity index (χ1v) is 6.82. The molecule has 0 N–H and O–H groups in total. The second kappa shape index (κ2) is 4.82. The fraction of sp³-hybridized carbons (Fsp3) is 0.769. The number of aromatic nitrogens is 2. The molecule has 0 bridgehead atoms. The zero-order valence-corrected chi connectivity index (χ0v) is 12.1. The lowest BCUT2D eigenvalue weighted by atomic mass is 9.81. The minimum Gasteiger partial charge on any atom is -0.380 e. The van der Waals surface area contributed by atoms with Gasteiger partial charge in [0.05, 0.1) is 25.2 Å². The van der Waals surface area contributed by atoms with Gasteiger partial charge in [-0.2, -0.15) is 4.98 Å². The number of ether oxygens (including phenoxy) is 1. The van der Waals surface area contributed by atoms with Crippen molar-refractivity contribution in [3.8, 4) is 0 Å². The third kappa shape index (κ3) is 2.10. The Morgan fingerprint density at radius 1 is 1.55 bits per heavy atom. The highest BCUT2D eigenvalue weighted by atomic mass is 16.5. The van der Waals surface area contributed by atoms with Crippen molar-refractivity contribution < 1.29 is 14.1 Å². The molecule has 7 nitrogen and oxygen atoms in total. The molecule has 2 aliphatic rings. The van der Waals surface area contributed by atoms with Gasteiger partial charge < -0.3 is 19.1 Å². The Balaban J connectivity index is 1.82. The van der Waals surface area contributed by atoms with Crippen LogP contribution in [-0.2, 0) is 14.9 Å². The minimum atomic E-state index is -0.316. The van der Waals surface area contributed by atoms with Crippen LogP contribution in [0.4, 0.5) is 0 Å². The predicted molar refractivity (Wildman–Crippen MR) is 70.2 cm³/mol. The van der Waals surface area contributed by atoms with Crippen LogP contribution in [0.1, 0.15) is 11.7 Å². The largest absolute Gasteiger partial charge is 0.380 e. The summed E-state index contributed by atoms with van der Waals surface area (Å²) in [6.07, 6.45) is 0. The van der Waals surface area contributed by atoms with Gasteiger partial charge >= 0.3 is 0 Å². The maximum absolute atomic E-state index is 12.2. The molecule has 1 amide bonds. The monoisotopic (exact) mass is 280 g/mol. The van der Waals surface area contributed by atoms with Crippen molar-refractivity contribution in [1.82, 2.24) is 19.9 Å². The standard InChI is InChI=1S/C13H20N4O3/c1-9-14-12(20-15-9)13-7-17(11(18)5-16(2)3)4-10(13)6-19-8-13/h10H,4-8H2,1-3H3/t10-,13-/m1/s1. The topological polar surface area (TPSA) is 71.7 Å². The Morgan fingerprint density at radius 2 is 2.35 bits per heavy atom. The summed E-state index contributed by atoms with van der Waals surface area (Å²) in [4.78, 5) is 20.4. The van der Waals surface area contributed by atoms with Gasteiger partial charge in [-0.1, -0.05) is 5.16 Å². The molecule has 1 aromatic rings. The quantitative estimate of drug-likeness (QED) is 0.755. The van der Waals surface area contributed by atoms with Crippen molar-refractivity contribution in [2.75, 3.05) is 46.9 Å². The van der Waals surface area contributed by atoms with Crippen LogP contribution in [-0.4, -0.2) is 72.8 Å². The number of carbonyl (C=O) groups is 1. The number of carbonyl (C=O) groups excluding carboxylic acids is 1. The maximum Gasteiger partial charge on any atom is 0.237 e. The van der Waals surface area contributed by atoms with E-state index in [2.05, 4.69) is 10.1 Å². The summed E-state index contributed by atoms with van der Waals surface area (Å²) < 4.78 is 11.0. The van der Waals surface area contributed by atoms with Gasteiger partial charge in [-0.15, -0.1) is 0 Å². The Kier molecular flexibility index (Phi) is 3.25. The van der Waals surface area contributed by atoms with Crippen molar-refractivity contribution in [3.05, 3.63) is 11.7 Å². The van der Waals surface area contributed by atoms with Crippen molar-refractivity contribution in [3.63, 3.8) is 0 Å². The average Bonchev–Trinajstić information content (AvgIpc) is 2.99. The van der Waals surface area contributed by atoms with Gasteiger partial charge in [-0.05, 0) is 21.0 Å². The molecule has 2 saturated heterocycles. The van der Waals surface area contributed by atoms with E-state index in [9.17, 15) is 4.79 Å². The summed E-state index contributed by atoms with van der Waals surface area (Å²) >= 11 is 0. The number of aryl methyl sites for hydroxylation is 1. The van der Waals surface area contributed by atoms with Gasteiger partial charge in [0, 0.05) is 19.0 Å². The van der Waals surface area contributed by atoms with Gasteiger partial charge in [-0.25, -0.2) is 0 Å². The van der Waals surface area contributed by atoms with E-state index in [1.807, 2.05) is 23.9 Å². The molecule has 0 spiro atoms. The molecule has 1 aromatic heterocycles. The highest BCUT2D eigenvalue weighted by Crippen LogP contribution is 2.43. The minimum absolute atomic E-state index is 0.139. The molecule has 0 radical (unpaired) electrons. The normalized spacial score (nSPS) is 29.2. The second-order valence-corrected chi connectivity index (χ2v) is 6.03. The molecule has 20 heavy (non-hydrogen) atoms. The SMILES string of the molecule is Cc1noc([C@]23COC[C@H]2CN(C(=O)CN(C)C)C3)n1. The number of hydrogen-bond donors (Lipinski definition) is 0. The molecule has 0 unspecified atom stereocenters. The maximum atomic E-state index is 12.2. The van der Waals surface area contributed by atoms with Crippen LogP contribution in [0.25, 0.3) is 0 Å². The number of amides is 1. The number of fused-ring (bicyclic) bond motifs is 1. The van der Waals surface area contributed by atoms with Gasteiger partial charge in [-0.3, -0.25) is 4.79 Å². The van der Waals surface area contributed by atoms with E-state index in [-0.39, 0.29) is 17.2 Å². The first-order chi connectivity index (χ1) is 9.51. The summed E-state index contributed by atoms with van der Waals surface area (Å²) in [5.74, 6) is 1.62. The van der Waals surface area contributed by atoms with Gasteiger partial charge in [0.1, 0.15) is 0 Å². The van der Waals surface area contributed by atoms with Gasteiger partial charge in [0.15, 0.2) is 5.82 Å². The number of nitrogens with zero attached hydrogens (tertiary/aromatic N) is 4. The summed E-state index contributed by atoms with van der Waals surface area (Å²) in [7, 11) is 3.80. The Morgan fingerprint density at radius 3 is 3.00 bits per heavy atom. The fourth-order valence-corrected chi connectivity index (χ4v) is 3.10. The average molecular weight is 280 g/mol. The first kappa shape index (κ1) is 13.5. The lowest BCUT2D eigenvalue weighted by Crippen LogP contribution is -2.40. The molecular formula is C13H20N4O3. The van der Waals surface area contributed by atoms with Gasteiger partial charge in [0.2, 0.25) is 11.8 Å². The van der Waals surface area contributed by atoms with Crippen LogP contribution < -0.4 is 0 Å². The Bertz CT molecular complexity index is 515. The smallest absolute Gasteiger partial charge is 0.237 e. The zero-order chi connectivity index (χ0) is 14.3. The highest BCUT2D eigenvalue weighted by molar-refractivity contribution is 5.78. The summed E-state index contributed by atoms with van der Waals surface area (Å²) in [6, 6.07) is 0. The summed E-state index contributed by atoms with van der Waals surface area (Å²) in [5, 5.41) is 3.88. The highest BCUT2D eigenvalue weighted by Gasteiger charge is 2.56. The van der Waals surface area contributed by atoms with Crippen LogP contribution >= 0.6 is 0 Å². The molecule has 7 heteroatoms. The predicted octanol–water partition coefficient (Wildman–Crippen LogP) is -0.334. The Hall–Kier alpha value is -1.47. The van der Waals surface area contributed by atoms with Crippen molar-refractivity contribution >= 4 is 5.91 Å². The lowest BCUT2D eigenvalue weighted by molar-refractivity contribution is -0.131. The molecular weight excluding hydrogens is 260 g/mol. The summed E-state index contributed by atoms with van der Waals surface area (Å²) in [5.41, 5.74) is -0.316. The van der Waals surface area contributed by atoms with E-state index in [0.717, 1.165) is 0 Å². The molecule has 3 rings (SSSR count). The fourth-order valence-electron chi connectivity index (χ4n) is 3.10. The molecule has 0 saturated carbocycles. The molecule has 2 atom stereocenters. The second-order valence-electron chi connectivity index (χ2n) is 6.03. The third-order valence-corrected chi connectivity index (χ3v) is 4.13.